The lowest BCUT2D eigenvalue weighted by Crippen LogP contribution is -2.05. The van der Waals surface area contributed by atoms with E-state index < -0.39 is 0 Å². The molecule has 0 amide bonds. The first-order valence-electron chi connectivity index (χ1n) is 6.79. The van der Waals surface area contributed by atoms with Crippen LogP contribution in [0.2, 0.25) is 10.0 Å². The molecule has 0 radical (unpaired) electrons. The zero-order valence-electron chi connectivity index (χ0n) is 11.6. The number of nitrogens with two attached hydrogens (primary N) is 1. The Morgan fingerprint density at radius 1 is 1.29 bits per heavy atom. The van der Waals surface area contributed by atoms with Crippen molar-refractivity contribution in [2.24, 2.45) is 5.73 Å². The van der Waals surface area contributed by atoms with Gasteiger partial charge in [0.25, 0.3) is 0 Å². The van der Waals surface area contributed by atoms with Crippen molar-refractivity contribution < 1.29 is 0 Å². The zero-order chi connectivity index (χ0) is 15.0. The number of aromatic nitrogens is 2. The maximum Gasteiger partial charge on any atom is 0.194 e. The molecule has 2 heterocycles. The number of halogens is 2. The van der Waals surface area contributed by atoms with Gasteiger partial charge < -0.3 is 5.73 Å². The van der Waals surface area contributed by atoms with Gasteiger partial charge in [0.15, 0.2) is 4.96 Å². The Morgan fingerprint density at radius 2 is 2.10 bits per heavy atom. The van der Waals surface area contributed by atoms with Crippen molar-refractivity contribution in [1.82, 2.24) is 9.38 Å². The van der Waals surface area contributed by atoms with Gasteiger partial charge in [0.1, 0.15) is 0 Å². The Morgan fingerprint density at radius 3 is 2.76 bits per heavy atom. The number of thiazole rings is 1. The van der Waals surface area contributed by atoms with Crippen molar-refractivity contribution >= 4 is 39.5 Å². The summed E-state index contributed by atoms with van der Waals surface area (Å²) in [5, 5.41) is 1.13. The van der Waals surface area contributed by atoms with E-state index in [0.717, 1.165) is 34.8 Å². The highest BCUT2D eigenvalue weighted by Crippen LogP contribution is 2.36. The third-order valence-corrected chi connectivity index (χ3v) is 5.36. The van der Waals surface area contributed by atoms with E-state index in [1.807, 2.05) is 24.4 Å². The highest BCUT2D eigenvalue weighted by Gasteiger charge is 2.17. The van der Waals surface area contributed by atoms with E-state index in [9.17, 15) is 0 Å². The van der Waals surface area contributed by atoms with Gasteiger partial charge in [-0.2, -0.15) is 0 Å². The average Bonchev–Trinajstić information content (AvgIpc) is 3.02. The molecule has 0 spiro atoms. The Bertz CT molecular complexity index is 792. The molecule has 110 valence electrons. The summed E-state index contributed by atoms with van der Waals surface area (Å²) in [5.74, 6) is 0. The molecule has 0 unspecified atom stereocenters. The van der Waals surface area contributed by atoms with Crippen molar-refractivity contribution in [2.75, 3.05) is 6.54 Å². The molecule has 0 bridgehead atoms. The van der Waals surface area contributed by atoms with Crippen LogP contribution < -0.4 is 5.73 Å². The molecule has 0 atom stereocenters. The maximum atomic E-state index is 6.18. The van der Waals surface area contributed by atoms with Gasteiger partial charge in [0, 0.05) is 22.6 Å². The first-order valence-corrected chi connectivity index (χ1v) is 8.36. The third-order valence-electron chi connectivity index (χ3n) is 3.42. The fourth-order valence-corrected chi connectivity index (χ4v) is 3.83. The molecule has 2 N–H and O–H groups in total. The van der Waals surface area contributed by atoms with E-state index in [1.54, 1.807) is 11.3 Å². The molecule has 0 fully saturated rings. The predicted molar refractivity (Wildman–Crippen MR) is 90.7 cm³/mol. The van der Waals surface area contributed by atoms with Crippen LogP contribution in [0.5, 0.6) is 0 Å². The summed E-state index contributed by atoms with van der Waals surface area (Å²) in [7, 11) is 0. The molecule has 3 nitrogen and oxygen atoms in total. The number of benzene rings is 1. The van der Waals surface area contributed by atoms with Gasteiger partial charge in [0.05, 0.1) is 21.9 Å². The van der Waals surface area contributed by atoms with Crippen LogP contribution in [0, 0.1) is 0 Å². The normalized spacial score (nSPS) is 11.4. The van der Waals surface area contributed by atoms with Gasteiger partial charge in [-0.15, -0.1) is 11.3 Å². The monoisotopic (exact) mass is 339 g/mol. The van der Waals surface area contributed by atoms with E-state index in [1.165, 1.54) is 4.88 Å². The van der Waals surface area contributed by atoms with Crippen LogP contribution in [0.1, 0.15) is 17.5 Å². The molecule has 0 saturated heterocycles. The van der Waals surface area contributed by atoms with E-state index in [2.05, 4.69) is 16.3 Å². The second-order valence-corrected chi connectivity index (χ2v) is 6.64. The highest BCUT2D eigenvalue weighted by molar-refractivity contribution is 7.17. The molecule has 0 saturated carbocycles. The van der Waals surface area contributed by atoms with Crippen molar-refractivity contribution in [3.63, 3.8) is 0 Å². The van der Waals surface area contributed by atoms with Gasteiger partial charge in [-0.25, -0.2) is 4.98 Å². The number of aryl methyl sites for hydroxylation is 1. The minimum atomic E-state index is 0.566. The fourth-order valence-electron chi connectivity index (χ4n) is 2.46. The summed E-state index contributed by atoms with van der Waals surface area (Å²) in [6.07, 6.45) is 3.65. The summed E-state index contributed by atoms with van der Waals surface area (Å²) in [4.78, 5) is 6.78. The number of hydrogen-bond donors (Lipinski definition) is 1. The number of imidazole rings is 1. The molecular formula is C15H15Cl2N3S. The molecule has 0 aliphatic rings. The summed E-state index contributed by atoms with van der Waals surface area (Å²) in [5.41, 5.74) is 9.04. The topological polar surface area (TPSA) is 43.3 Å². The molecule has 3 aromatic rings. The van der Waals surface area contributed by atoms with Crippen LogP contribution in [-0.4, -0.2) is 15.9 Å². The first-order chi connectivity index (χ1) is 10.2. The van der Waals surface area contributed by atoms with Crippen LogP contribution in [0.25, 0.3) is 16.2 Å². The highest BCUT2D eigenvalue weighted by atomic mass is 35.5. The fraction of sp³-hybridized carbons (Fsp3) is 0.267. The SMILES string of the molecule is CCc1sc2ncc(CCN)n2c1-c1ccc(Cl)c(Cl)c1. The van der Waals surface area contributed by atoms with Gasteiger partial charge in [-0.05, 0) is 25.1 Å². The minimum absolute atomic E-state index is 0.566. The molecular weight excluding hydrogens is 325 g/mol. The van der Waals surface area contributed by atoms with E-state index in [-0.39, 0.29) is 0 Å². The largest absolute Gasteiger partial charge is 0.330 e. The maximum absolute atomic E-state index is 6.18. The van der Waals surface area contributed by atoms with Crippen LogP contribution in [0.15, 0.2) is 24.4 Å². The standard InChI is InChI=1S/C15H15Cl2N3S/c1-2-13-14(9-3-4-11(16)12(17)7-9)20-10(5-6-18)8-19-15(20)21-13/h3-4,7-8H,2,5-6,18H2,1H3. The number of hydrogen-bond acceptors (Lipinski definition) is 3. The van der Waals surface area contributed by atoms with Gasteiger partial charge in [-0.3, -0.25) is 4.40 Å². The van der Waals surface area contributed by atoms with E-state index in [4.69, 9.17) is 28.9 Å². The average molecular weight is 340 g/mol. The van der Waals surface area contributed by atoms with Crippen molar-refractivity contribution in [3.8, 4) is 11.3 Å². The second kappa shape index (κ2) is 5.97. The van der Waals surface area contributed by atoms with E-state index in [0.29, 0.717) is 16.6 Å². The predicted octanol–water partition coefficient (Wildman–Crippen LogP) is 4.43. The van der Waals surface area contributed by atoms with Crippen molar-refractivity contribution in [2.45, 2.75) is 19.8 Å². The van der Waals surface area contributed by atoms with Gasteiger partial charge in [0.2, 0.25) is 0 Å². The first kappa shape index (κ1) is 14.9. The Labute approximate surface area is 137 Å². The minimum Gasteiger partial charge on any atom is -0.330 e. The second-order valence-electron chi connectivity index (χ2n) is 4.76. The van der Waals surface area contributed by atoms with Gasteiger partial charge >= 0.3 is 0 Å². The summed E-state index contributed by atoms with van der Waals surface area (Å²) in [6.45, 7) is 2.75. The molecule has 0 aliphatic heterocycles. The van der Waals surface area contributed by atoms with Crippen LogP contribution in [0.3, 0.4) is 0 Å². The molecule has 0 aliphatic carbocycles. The van der Waals surface area contributed by atoms with Crippen LogP contribution >= 0.6 is 34.5 Å². The Balaban J connectivity index is 2.27. The lowest BCUT2D eigenvalue weighted by molar-refractivity contribution is 0.909. The lowest BCUT2D eigenvalue weighted by Gasteiger charge is -2.07. The number of fused-ring (bicyclic) bond motifs is 1. The quantitative estimate of drug-likeness (QED) is 0.763. The molecule has 1 aromatic carbocycles. The molecule has 21 heavy (non-hydrogen) atoms. The number of rotatable bonds is 4. The molecule has 6 heteroatoms. The zero-order valence-corrected chi connectivity index (χ0v) is 13.9. The van der Waals surface area contributed by atoms with Crippen molar-refractivity contribution in [1.29, 1.82) is 0 Å². The summed E-state index contributed by atoms with van der Waals surface area (Å²) in [6, 6.07) is 5.75. The third kappa shape index (κ3) is 2.57. The van der Waals surface area contributed by atoms with E-state index >= 15 is 0 Å². The number of nitrogens with zero attached hydrogens (tertiary/aromatic N) is 2. The Hall–Kier alpha value is -1.07. The summed E-state index contributed by atoms with van der Waals surface area (Å²) >= 11 is 13.9. The summed E-state index contributed by atoms with van der Waals surface area (Å²) < 4.78 is 2.19. The van der Waals surface area contributed by atoms with Crippen LogP contribution in [-0.2, 0) is 12.8 Å². The Kier molecular flexibility index (Phi) is 4.22. The smallest absolute Gasteiger partial charge is 0.194 e. The van der Waals surface area contributed by atoms with Crippen LogP contribution in [0.4, 0.5) is 0 Å². The van der Waals surface area contributed by atoms with Gasteiger partial charge in [-0.1, -0.05) is 36.2 Å². The van der Waals surface area contributed by atoms with Crippen molar-refractivity contribution in [3.05, 3.63) is 45.0 Å². The lowest BCUT2D eigenvalue weighted by atomic mass is 10.1. The molecule has 2 aromatic heterocycles. The molecule has 3 rings (SSSR count).